The third-order valence-electron chi connectivity index (χ3n) is 3.68. The van der Waals surface area contributed by atoms with Crippen molar-refractivity contribution in [3.05, 3.63) is 29.8 Å². The molecule has 0 aliphatic heterocycles. The van der Waals surface area contributed by atoms with E-state index >= 15 is 0 Å². The minimum atomic E-state index is -0.148. The van der Waals surface area contributed by atoms with Crippen LogP contribution in [0.4, 0.5) is 0 Å². The molecular weight excluding hydrogens is 228 g/mol. The van der Waals surface area contributed by atoms with Gasteiger partial charge in [0.1, 0.15) is 5.75 Å². The molecule has 1 fully saturated rings. The number of phenolic OH excluding ortho intramolecular Hbond substituents is 1. The van der Waals surface area contributed by atoms with E-state index in [-0.39, 0.29) is 17.6 Å². The molecule has 2 rings (SSSR count). The molecule has 3 unspecified atom stereocenters. The van der Waals surface area contributed by atoms with Crippen LogP contribution in [0.3, 0.4) is 0 Å². The maximum atomic E-state index is 11.7. The molecule has 1 saturated carbocycles. The van der Waals surface area contributed by atoms with Crippen molar-refractivity contribution in [3.8, 4) is 5.75 Å². The Morgan fingerprint density at radius 3 is 2.83 bits per heavy atom. The van der Waals surface area contributed by atoms with Crippen LogP contribution in [0.2, 0.25) is 0 Å². The number of rotatable bonds is 5. The maximum Gasteiger partial charge on any atom is 0.306 e. The molecule has 1 N–H and O–H groups in total. The summed E-state index contributed by atoms with van der Waals surface area (Å²) in [5.74, 6) is 1.48. The van der Waals surface area contributed by atoms with E-state index in [1.807, 2.05) is 19.1 Å². The third kappa shape index (κ3) is 3.03. The van der Waals surface area contributed by atoms with Crippen LogP contribution in [0.25, 0.3) is 0 Å². The molecule has 3 heteroatoms. The number of carbonyl (C=O) groups is 1. The Hall–Kier alpha value is -1.51. The van der Waals surface area contributed by atoms with Crippen molar-refractivity contribution in [1.82, 2.24) is 0 Å². The monoisotopic (exact) mass is 248 g/mol. The highest BCUT2D eigenvalue weighted by Crippen LogP contribution is 2.50. The molecule has 0 radical (unpaired) electrons. The molecule has 0 aromatic heterocycles. The van der Waals surface area contributed by atoms with Gasteiger partial charge in [0.2, 0.25) is 0 Å². The van der Waals surface area contributed by atoms with Crippen molar-refractivity contribution in [2.75, 3.05) is 6.61 Å². The average molecular weight is 248 g/mol. The fourth-order valence-electron chi connectivity index (χ4n) is 2.58. The first-order valence-corrected chi connectivity index (χ1v) is 6.56. The lowest BCUT2D eigenvalue weighted by Gasteiger charge is -2.16. The van der Waals surface area contributed by atoms with E-state index in [0.717, 1.165) is 12.0 Å². The molecule has 0 spiro atoms. The maximum absolute atomic E-state index is 11.7. The number of carbonyl (C=O) groups excluding carboxylic acids is 1. The Labute approximate surface area is 108 Å². The summed E-state index contributed by atoms with van der Waals surface area (Å²) in [6.45, 7) is 4.44. The van der Waals surface area contributed by atoms with Gasteiger partial charge < -0.3 is 9.84 Å². The summed E-state index contributed by atoms with van der Waals surface area (Å²) in [6, 6.07) is 7.22. The van der Waals surface area contributed by atoms with Gasteiger partial charge in [-0.05, 0) is 48.8 Å². The Morgan fingerprint density at radius 2 is 2.28 bits per heavy atom. The molecule has 98 valence electrons. The Kier molecular flexibility index (Phi) is 3.90. The van der Waals surface area contributed by atoms with E-state index in [0.29, 0.717) is 24.9 Å². The highest BCUT2D eigenvalue weighted by molar-refractivity contribution is 5.70. The van der Waals surface area contributed by atoms with Gasteiger partial charge in [0, 0.05) is 0 Å². The second-order valence-corrected chi connectivity index (χ2v) is 5.09. The Balaban J connectivity index is 2.13. The summed E-state index contributed by atoms with van der Waals surface area (Å²) in [7, 11) is 0. The van der Waals surface area contributed by atoms with Crippen LogP contribution in [0.15, 0.2) is 24.3 Å². The number of aromatic hydroxyl groups is 1. The molecule has 3 nitrogen and oxygen atoms in total. The largest absolute Gasteiger partial charge is 0.508 e. The zero-order chi connectivity index (χ0) is 13.1. The van der Waals surface area contributed by atoms with Crippen LogP contribution in [0.1, 0.15) is 38.2 Å². The molecule has 1 aromatic carbocycles. The van der Waals surface area contributed by atoms with Crippen molar-refractivity contribution in [3.63, 3.8) is 0 Å². The number of benzene rings is 1. The SMILES string of the molecule is CCOC(=O)CC(c1cccc(O)c1)C1CC1C. The first kappa shape index (κ1) is 12.9. The van der Waals surface area contributed by atoms with Gasteiger partial charge >= 0.3 is 5.97 Å². The molecule has 1 aliphatic rings. The van der Waals surface area contributed by atoms with Gasteiger partial charge in [-0.2, -0.15) is 0 Å². The van der Waals surface area contributed by atoms with E-state index in [1.54, 1.807) is 12.1 Å². The van der Waals surface area contributed by atoms with Gasteiger partial charge in [-0.15, -0.1) is 0 Å². The van der Waals surface area contributed by atoms with Gasteiger partial charge in [0.25, 0.3) is 0 Å². The minimum absolute atomic E-state index is 0.148. The van der Waals surface area contributed by atoms with E-state index < -0.39 is 0 Å². The zero-order valence-electron chi connectivity index (χ0n) is 10.9. The van der Waals surface area contributed by atoms with E-state index in [2.05, 4.69) is 6.92 Å². The number of ether oxygens (including phenoxy) is 1. The third-order valence-corrected chi connectivity index (χ3v) is 3.68. The van der Waals surface area contributed by atoms with Gasteiger partial charge in [0.05, 0.1) is 13.0 Å². The highest BCUT2D eigenvalue weighted by Gasteiger charge is 2.41. The molecule has 0 heterocycles. The average Bonchev–Trinajstić information content (AvgIpc) is 3.03. The molecule has 1 aliphatic carbocycles. The minimum Gasteiger partial charge on any atom is -0.508 e. The standard InChI is InChI=1S/C15H20O3/c1-3-18-15(17)9-14(13-7-10(13)2)11-5-4-6-12(16)8-11/h4-6,8,10,13-14,16H,3,7,9H2,1-2H3. The van der Waals surface area contributed by atoms with Gasteiger partial charge in [0.15, 0.2) is 0 Å². The molecule has 18 heavy (non-hydrogen) atoms. The Bertz CT molecular complexity index is 428. The van der Waals surface area contributed by atoms with Crippen LogP contribution in [0, 0.1) is 11.8 Å². The van der Waals surface area contributed by atoms with Gasteiger partial charge in [-0.25, -0.2) is 0 Å². The molecule has 1 aromatic rings. The van der Waals surface area contributed by atoms with Crippen LogP contribution in [-0.2, 0) is 9.53 Å². The van der Waals surface area contributed by atoms with Crippen LogP contribution < -0.4 is 0 Å². The summed E-state index contributed by atoms with van der Waals surface area (Å²) in [4.78, 5) is 11.7. The lowest BCUT2D eigenvalue weighted by molar-refractivity contribution is -0.143. The van der Waals surface area contributed by atoms with Crippen LogP contribution in [-0.4, -0.2) is 17.7 Å². The topological polar surface area (TPSA) is 46.5 Å². The number of esters is 1. The fraction of sp³-hybridized carbons (Fsp3) is 0.533. The van der Waals surface area contributed by atoms with Crippen molar-refractivity contribution < 1.29 is 14.6 Å². The predicted molar refractivity (Wildman–Crippen MR) is 69.4 cm³/mol. The first-order chi connectivity index (χ1) is 8.61. The summed E-state index contributed by atoms with van der Waals surface area (Å²) >= 11 is 0. The summed E-state index contributed by atoms with van der Waals surface area (Å²) in [6.07, 6.45) is 1.56. The van der Waals surface area contributed by atoms with E-state index in [1.165, 1.54) is 0 Å². The summed E-state index contributed by atoms with van der Waals surface area (Å²) in [5.41, 5.74) is 1.04. The van der Waals surface area contributed by atoms with Crippen LogP contribution >= 0.6 is 0 Å². The van der Waals surface area contributed by atoms with Crippen LogP contribution in [0.5, 0.6) is 5.75 Å². The highest BCUT2D eigenvalue weighted by atomic mass is 16.5. The second kappa shape index (κ2) is 5.42. The lowest BCUT2D eigenvalue weighted by Crippen LogP contribution is -2.12. The number of hydrogen-bond acceptors (Lipinski definition) is 3. The molecular formula is C15H20O3. The van der Waals surface area contributed by atoms with Crippen molar-refractivity contribution in [2.45, 2.75) is 32.6 Å². The van der Waals surface area contributed by atoms with Gasteiger partial charge in [-0.1, -0.05) is 19.1 Å². The van der Waals surface area contributed by atoms with E-state index in [4.69, 9.17) is 4.74 Å². The molecule has 3 atom stereocenters. The number of hydrogen-bond donors (Lipinski definition) is 1. The fourth-order valence-corrected chi connectivity index (χ4v) is 2.58. The number of phenols is 1. The quantitative estimate of drug-likeness (QED) is 0.814. The van der Waals surface area contributed by atoms with Crippen molar-refractivity contribution >= 4 is 5.97 Å². The smallest absolute Gasteiger partial charge is 0.306 e. The summed E-state index contributed by atoms with van der Waals surface area (Å²) < 4.78 is 5.04. The zero-order valence-corrected chi connectivity index (χ0v) is 10.9. The predicted octanol–water partition coefficient (Wildman–Crippen LogP) is 3.09. The molecule has 0 amide bonds. The first-order valence-electron chi connectivity index (χ1n) is 6.56. The van der Waals surface area contributed by atoms with Crippen molar-refractivity contribution in [1.29, 1.82) is 0 Å². The second-order valence-electron chi connectivity index (χ2n) is 5.09. The summed E-state index contributed by atoms with van der Waals surface area (Å²) in [5, 5.41) is 9.55. The van der Waals surface area contributed by atoms with Gasteiger partial charge in [-0.3, -0.25) is 4.79 Å². The molecule has 0 bridgehead atoms. The molecule has 0 saturated heterocycles. The Morgan fingerprint density at radius 1 is 1.56 bits per heavy atom. The van der Waals surface area contributed by atoms with E-state index in [9.17, 15) is 9.90 Å². The van der Waals surface area contributed by atoms with Crippen molar-refractivity contribution in [2.24, 2.45) is 11.8 Å². The normalized spacial score (nSPS) is 23.4. The lowest BCUT2D eigenvalue weighted by atomic mass is 9.90.